The molecule has 4 rings (SSSR count). The van der Waals surface area contributed by atoms with E-state index in [1.54, 1.807) is 19.2 Å². The van der Waals surface area contributed by atoms with Gasteiger partial charge < -0.3 is 10.0 Å². The number of hydrogen-bond acceptors (Lipinski definition) is 5. The van der Waals surface area contributed by atoms with E-state index >= 15 is 0 Å². The Bertz CT molecular complexity index is 1080. The fourth-order valence-corrected chi connectivity index (χ4v) is 3.60. The maximum absolute atomic E-state index is 11.1. The van der Waals surface area contributed by atoms with Crippen LogP contribution in [0.2, 0.25) is 0 Å². The van der Waals surface area contributed by atoms with E-state index in [-0.39, 0.29) is 5.75 Å². The molecular weight excluding hydrogens is 366 g/mol. The first-order valence-electron chi connectivity index (χ1n) is 9.64. The van der Waals surface area contributed by atoms with E-state index in [0.717, 1.165) is 30.4 Å². The Morgan fingerprint density at radius 3 is 2.76 bits per heavy atom. The van der Waals surface area contributed by atoms with Gasteiger partial charge in [-0.15, -0.1) is 10.2 Å². The number of hydrogen-bond donors (Lipinski definition) is 1. The lowest BCUT2D eigenvalue weighted by Crippen LogP contribution is -2.53. The van der Waals surface area contributed by atoms with E-state index in [0.29, 0.717) is 29.7 Å². The number of likely N-dealkylation sites (tertiary alicyclic amines) is 1. The van der Waals surface area contributed by atoms with E-state index in [9.17, 15) is 9.90 Å². The van der Waals surface area contributed by atoms with Crippen LogP contribution in [-0.2, 0) is 4.79 Å². The number of carbonyl (C=O) groups excluding carboxylic acids is 1. The van der Waals surface area contributed by atoms with Crippen LogP contribution < -0.4 is 0 Å². The van der Waals surface area contributed by atoms with Crippen molar-refractivity contribution in [3.8, 4) is 17.0 Å². The summed E-state index contributed by atoms with van der Waals surface area (Å²) in [4.78, 5) is 19.2. The van der Waals surface area contributed by atoms with Gasteiger partial charge in [-0.2, -0.15) is 0 Å². The number of aliphatic imine (C=N–C) groups is 1. The van der Waals surface area contributed by atoms with Gasteiger partial charge in [0.1, 0.15) is 5.75 Å². The Balaban J connectivity index is 1.54. The number of carbonyl (C=O) groups is 1. The molecular formula is C22H23N5O2. The maximum atomic E-state index is 11.1. The van der Waals surface area contributed by atoms with E-state index in [1.807, 2.05) is 31.2 Å². The first-order chi connectivity index (χ1) is 14.1. The molecule has 0 spiro atoms. The molecule has 1 N–H and O–H groups in total. The van der Waals surface area contributed by atoms with Gasteiger partial charge in [0.25, 0.3) is 0 Å². The quantitative estimate of drug-likeness (QED) is 0.422. The molecule has 3 aromatic rings. The fourth-order valence-electron chi connectivity index (χ4n) is 3.60. The molecule has 1 amide bonds. The molecule has 1 fully saturated rings. The van der Waals surface area contributed by atoms with E-state index in [1.165, 1.54) is 10.5 Å². The number of nitrogens with zero attached hydrogens (tertiary/aromatic N) is 5. The van der Waals surface area contributed by atoms with E-state index in [2.05, 4.69) is 32.2 Å². The summed E-state index contributed by atoms with van der Waals surface area (Å²) < 4.78 is 0. The lowest BCUT2D eigenvalue weighted by atomic mass is 9.91. The molecule has 1 aliphatic heterocycles. The van der Waals surface area contributed by atoms with Crippen molar-refractivity contribution in [2.45, 2.75) is 12.8 Å². The normalized spacial score (nSPS) is 14.7. The zero-order chi connectivity index (χ0) is 20.4. The number of aromatic hydroxyl groups is 1. The van der Waals surface area contributed by atoms with Crippen LogP contribution in [0.1, 0.15) is 18.4 Å². The van der Waals surface area contributed by atoms with Crippen LogP contribution >= 0.6 is 0 Å². The minimum absolute atomic E-state index is 0.192. The van der Waals surface area contributed by atoms with E-state index < -0.39 is 0 Å². The van der Waals surface area contributed by atoms with Crippen LogP contribution in [-0.4, -0.2) is 64.2 Å². The molecule has 7 nitrogen and oxygen atoms in total. The molecule has 0 saturated carbocycles. The molecule has 29 heavy (non-hydrogen) atoms. The topological polar surface area (TPSA) is 81.9 Å². The number of para-hydroxylation sites is 1. The van der Waals surface area contributed by atoms with Gasteiger partial charge in [-0.3, -0.25) is 14.7 Å². The minimum Gasteiger partial charge on any atom is -0.507 e. The lowest BCUT2D eigenvalue weighted by Gasteiger charge is -2.42. The van der Waals surface area contributed by atoms with Gasteiger partial charge >= 0.3 is 0 Å². The number of guanidine groups is 1. The highest BCUT2D eigenvalue weighted by Gasteiger charge is 2.32. The Labute approximate surface area is 169 Å². The van der Waals surface area contributed by atoms with Crippen molar-refractivity contribution in [2.75, 3.05) is 26.7 Å². The summed E-state index contributed by atoms with van der Waals surface area (Å²) in [5.74, 6) is 1.27. The molecule has 7 heteroatoms. The summed E-state index contributed by atoms with van der Waals surface area (Å²) in [5, 5.41) is 19.7. The second-order valence-electron chi connectivity index (χ2n) is 7.16. The van der Waals surface area contributed by atoms with Crippen LogP contribution in [0, 0.1) is 0 Å². The monoisotopic (exact) mass is 389 g/mol. The van der Waals surface area contributed by atoms with E-state index in [4.69, 9.17) is 0 Å². The maximum Gasteiger partial charge on any atom is 0.216 e. The number of phenolic OH excluding ortho intramolecular Hbond substituents is 1. The highest BCUT2D eigenvalue weighted by molar-refractivity contribution is 5.89. The van der Waals surface area contributed by atoms with Crippen molar-refractivity contribution < 1.29 is 9.90 Å². The van der Waals surface area contributed by atoms with Crippen LogP contribution in [0.4, 0.5) is 0 Å². The number of amides is 1. The molecule has 148 valence electrons. The van der Waals surface area contributed by atoms with Crippen LogP contribution in [0.15, 0.2) is 53.5 Å². The van der Waals surface area contributed by atoms with Gasteiger partial charge in [0.2, 0.25) is 12.4 Å². The zero-order valence-electron chi connectivity index (χ0n) is 16.5. The molecule has 0 aliphatic carbocycles. The van der Waals surface area contributed by atoms with Crippen LogP contribution in [0.3, 0.4) is 0 Å². The lowest BCUT2D eigenvalue weighted by molar-refractivity contribution is -0.114. The predicted octanol–water partition coefficient (Wildman–Crippen LogP) is 2.87. The number of rotatable bonds is 4. The molecule has 0 atom stereocenters. The van der Waals surface area contributed by atoms with Gasteiger partial charge in [0.05, 0.1) is 11.2 Å². The first-order valence-corrected chi connectivity index (χ1v) is 9.64. The third kappa shape index (κ3) is 3.63. The summed E-state index contributed by atoms with van der Waals surface area (Å²) in [6, 6.07) is 15.3. The number of fused-ring (bicyclic) bond motifs is 1. The van der Waals surface area contributed by atoms with Crippen molar-refractivity contribution in [1.29, 1.82) is 0 Å². The Morgan fingerprint density at radius 1 is 1.24 bits per heavy atom. The average Bonchev–Trinajstić information content (AvgIpc) is 2.71. The van der Waals surface area contributed by atoms with Gasteiger partial charge in [-0.1, -0.05) is 24.3 Å². The Hall–Kier alpha value is -3.48. The van der Waals surface area contributed by atoms with Crippen molar-refractivity contribution in [3.05, 3.63) is 54.1 Å². The van der Waals surface area contributed by atoms with Gasteiger partial charge in [-0.05, 0) is 36.8 Å². The van der Waals surface area contributed by atoms with Crippen LogP contribution in [0.25, 0.3) is 22.2 Å². The summed E-state index contributed by atoms with van der Waals surface area (Å²) in [6.07, 6.45) is 0.787. The number of benzene rings is 2. The van der Waals surface area contributed by atoms with Crippen LogP contribution in [0.5, 0.6) is 5.75 Å². The second-order valence-corrected chi connectivity index (χ2v) is 7.16. The third-order valence-electron chi connectivity index (χ3n) is 5.20. The summed E-state index contributed by atoms with van der Waals surface area (Å²) in [6.45, 7) is 4.22. The average molecular weight is 389 g/mol. The van der Waals surface area contributed by atoms with Gasteiger partial charge in [0.15, 0.2) is 0 Å². The predicted molar refractivity (Wildman–Crippen MR) is 113 cm³/mol. The third-order valence-corrected chi connectivity index (χ3v) is 5.20. The molecule has 1 saturated heterocycles. The summed E-state index contributed by atoms with van der Waals surface area (Å²) >= 11 is 0. The molecule has 0 unspecified atom stereocenters. The standard InChI is InChI=1S/C22H23N5O2/c1-3-23-22(26(2)14-28)27-12-17(13-27)15-8-9-16-11-20(25-24-19(16)10-15)18-6-4-5-7-21(18)29/h4-11,14,17,29H,3,12-13H2,1-2H3. The number of phenols is 1. The largest absolute Gasteiger partial charge is 0.507 e. The van der Waals surface area contributed by atoms with Gasteiger partial charge in [-0.25, -0.2) is 0 Å². The van der Waals surface area contributed by atoms with Crippen molar-refractivity contribution in [1.82, 2.24) is 20.0 Å². The highest BCUT2D eigenvalue weighted by atomic mass is 16.3. The zero-order valence-corrected chi connectivity index (χ0v) is 16.5. The molecule has 1 aromatic heterocycles. The van der Waals surface area contributed by atoms with Gasteiger partial charge in [0, 0.05) is 43.5 Å². The molecule has 2 aromatic carbocycles. The molecule has 0 bridgehead atoms. The Morgan fingerprint density at radius 2 is 2.03 bits per heavy atom. The smallest absolute Gasteiger partial charge is 0.216 e. The Kier molecular flexibility index (Phi) is 5.12. The first kappa shape index (κ1) is 18.9. The summed E-state index contributed by atoms with van der Waals surface area (Å²) in [7, 11) is 1.72. The number of aromatic nitrogens is 2. The van der Waals surface area contributed by atoms with Crippen molar-refractivity contribution >= 4 is 23.3 Å². The second kappa shape index (κ2) is 7.87. The minimum atomic E-state index is 0.192. The SMILES string of the molecule is CCN=C(N(C)C=O)N1CC(c2ccc3cc(-c4ccccc4O)nnc3c2)C1. The fraction of sp³-hybridized carbons (Fsp3) is 0.273. The molecule has 0 radical (unpaired) electrons. The van der Waals surface area contributed by atoms with Crippen molar-refractivity contribution in [2.24, 2.45) is 4.99 Å². The molecule has 2 heterocycles. The molecule has 1 aliphatic rings. The summed E-state index contributed by atoms with van der Waals surface area (Å²) in [5.41, 5.74) is 3.34. The van der Waals surface area contributed by atoms with Crippen molar-refractivity contribution in [3.63, 3.8) is 0 Å². The highest BCUT2D eigenvalue weighted by Crippen LogP contribution is 2.31.